The maximum absolute atomic E-state index is 13.4. The lowest BCUT2D eigenvalue weighted by Crippen LogP contribution is -2.71. The smallest absolute Gasteiger partial charge is 0.352 e. The number of nitrogens with one attached hydrogen (secondary N) is 1. The van der Waals surface area contributed by atoms with Crippen molar-refractivity contribution in [3.63, 3.8) is 0 Å². The number of nitrogens with two attached hydrogens (primary N) is 1. The first-order valence-corrected chi connectivity index (χ1v) is 16.0. The van der Waals surface area contributed by atoms with Gasteiger partial charge in [0.15, 0.2) is 15.7 Å². The van der Waals surface area contributed by atoms with E-state index in [0.29, 0.717) is 23.7 Å². The highest BCUT2D eigenvalue weighted by molar-refractivity contribution is 8.00. The third-order valence-electron chi connectivity index (χ3n) is 7.02. The Morgan fingerprint density at radius 3 is 2.70 bits per heavy atom. The number of carbonyl (C=O) groups excluding carboxylic acids is 2. The average Bonchev–Trinajstić information content (AvgIpc) is 3.64. The largest absolute Gasteiger partial charge is 0.478 e. The predicted molar refractivity (Wildman–Crippen MR) is 164 cm³/mol. The first kappa shape index (κ1) is 31.1. The number of aryl methyl sites for hydroxylation is 1. The van der Waals surface area contributed by atoms with Crippen molar-refractivity contribution in [3.05, 3.63) is 40.1 Å². The molecule has 2 aliphatic rings. The van der Waals surface area contributed by atoms with Gasteiger partial charge in [0.1, 0.15) is 28.2 Å². The number of thioether (sulfide) groups is 1. The number of fused-ring (bicyclic) bond motifs is 2. The molecule has 15 nitrogen and oxygen atoms in total. The number of rotatable bonds is 11. The molecule has 0 aromatic carbocycles. The minimum atomic E-state index is -1.76. The second kappa shape index (κ2) is 12.0. The highest BCUT2D eigenvalue weighted by Crippen LogP contribution is 2.41. The summed E-state index contributed by atoms with van der Waals surface area (Å²) in [4.78, 5) is 68.6. The second-order valence-electron chi connectivity index (χ2n) is 10.4. The van der Waals surface area contributed by atoms with Gasteiger partial charge in [0.25, 0.3) is 24.0 Å². The number of hydrogen-bond donors (Lipinski definition) is 4. The van der Waals surface area contributed by atoms with Crippen molar-refractivity contribution in [1.29, 1.82) is 0 Å². The van der Waals surface area contributed by atoms with E-state index in [1.165, 1.54) is 35.9 Å². The third kappa shape index (κ3) is 5.67. The second-order valence-corrected chi connectivity index (χ2v) is 13.3. The van der Waals surface area contributed by atoms with Crippen LogP contribution in [0.5, 0.6) is 0 Å². The molecule has 5 heterocycles. The van der Waals surface area contributed by atoms with Crippen LogP contribution in [0.4, 0.5) is 10.9 Å². The van der Waals surface area contributed by atoms with E-state index >= 15 is 0 Å². The summed E-state index contributed by atoms with van der Waals surface area (Å²) in [6, 6.07) is 0.904. The van der Waals surface area contributed by atoms with E-state index in [0.717, 1.165) is 21.6 Å². The summed E-state index contributed by atoms with van der Waals surface area (Å²) < 4.78 is 1.92. The molecule has 18 heteroatoms. The summed E-state index contributed by atoms with van der Waals surface area (Å²) in [5.41, 5.74) is 4.02. The van der Waals surface area contributed by atoms with E-state index < -0.39 is 40.8 Å². The molecule has 0 aliphatic carbocycles. The first-order chi connectivity index (χ1) is 20.8. The van der Waals surface area contributed by atoms with Crippen LogP contribution in [0.1, 0.15) is 26.5 Å². The van der Waals surface area contributed by atoms with Crippen molar-refractivity contribution >= 4 is 85.1 Å². The van der Waals surface area contributed by atoms with E-state index in [1.54, 1.807) is 17.7 Å². The Labute approximate surface area is 263 Å². The van der Waals surface area contributed by atoms with Gasteiger partial charge in [0.2, 0.25) is 5.60 Å². The third-order valence-corrected chi connectivity index (χ3v) is 10.0. The van der Waals surface area contributed by atoms with Crippen molar-refractivity contribution in [3.8, 4) is 0 Å². The van der Waals surface area contributed by atoms with Gasteiger partial charge in [-0.3, -0.25) is 14.5 Å². The molecule has 3 aromatic heterocycles. The Hall–Kier alpha value is -4.29. The van der Waals surface area contributed by atoms with Crippen molar-refractivity contribution < 1.29 is 38.8 Å². The molecule has 44 heavy (non-hydrogen) atoms. The maximum Gasteiger partial charge on any atom is 0.352 e. The molecular weight excluding hydrogens is 633 g/mol. The number of oxime groups is 1. The fourth-order valence-electron chi connectivity index (χ4n) is 4.64. The van der Waals surface area contributed by atoms with Crippen molar-refractivity contribution in [2.24, 2.45) is 12.2 Å². The van der Waals surface area contributed by atoms with Crippen LogP contribution in [0.3, 0.4) is 0 Å². The number of thiazole rings is 1. The summed E-state index contributed by atoms with van der Waals surface area (Å²) in [5.74, 6) is -3.02. The van der Waals surface area contributed by atoms with E-state index in [9.17, 15) is 29.4 Å². The number of nitrogens with zero attached hydrogens (tertiary/aromatic N) is 6. The molecule has 0 bridgehead atoms. The Bertz CT molecular complexity index is 1730. The predicted octanol–water partition coefficient (Wildman–Crippen LogP) is 1.01. The van der Waals surface area contributed by atoms with Crippen LogP contribution in [0.25, 0.3) is 10.2 Å². The van der Waals surface area contributed by atoms with Gasteiger partial charge in [-0.15, -0.1) is 34.4 Å². The highest BCUT2D eigenvalue weighted by Gasteiger charge is 2.54. The molecular formula is C26H29N8O7S3+. The van der Waals surface area contributed by atoms with Crippen molar-refractivity contribution in [2.75, 3.05) is 29.5 Å². The molecule has 3 aromatic rings. The lowest BCUT2D eigenvalue weighted by molar-refractivity contribution is -0.645. The summed E-state index contributed by atoms with van der Waals surface area (Å²) >= 11 is 3.93. The fourth-order valence-corrected chi connectivity index (χ4v) is 7.36. The van der Waals surface area contributed by atoms with Gasteiger partial charge in [-0.2, -0.15) is 0 Å². The number of amides is 2. The van der Waals surface area contributed by atoms with E-state index in [-0.39, 0.29) is 28.8 Å². The normalized spacial score (nSPS) is 18.6. The van der Waals surface area contributed by atoms with Crippen LogP contribution in [-0.2, 0) is 31.1 Å². The monoisotopic (exact) mass is 661 g/mol. The number of carbonyl (C=O) groups is 4. The minimum absolute atomic E-state index is 0.0297. The molecule has 0 saturated carbocycles. The average molecular weight is 662 g/mol. The Morgan fingerprint density at radius 2 is 2.07 bits per heavy atom. The molecule has 5 rings (SSSR count). The van der Waals surface area contributed by atoms with Gasteiger partial charge >= 0.3 is 11.9 Å². The summed E-state index contributed by atoms with van der Waals surface area (Å²) in [5, 5.41) is 29.7. The first-order valence-electron chi connectivity index (χ1n) is 13.2. The number of carboxylic acids is 2. The van der Waals surface area contributed by atoms with Crippen molar-refractivity contribution in [2.45, 2.75) is 37.8 Å². The lowest BCUT2D eigenvalue weighted by atomic mass is 10.0. The van der Waals surface area contributed by atoms with E-state index in [4.69, 9.17) is 10.6 Å². The number of nitrogen functional groups attached to an aromatic ring is 1. The Morgan fingerprint density at radius 1 is 1.32 bits per heavy atom. The quantitative estimate of drug-likeness (QED) is 0.0984. The molecule has 232 valence electrons. The van der Waals surface area contributed by atoms with Crippen LogP contribution in [0.2, 0.25) is 0 Å². The Kier molecular flexibility index (Phi) is 8.50. The van der Waals surface area contributed by atoms with Crippen LogP contribution in [0, 0.1) is 0 Å². The number of likely N-dealkylation sites (N-methyl/N-ethyl adjacent to an activating group) is 1. The summed E-state index contributed by atoms with van der Waals surface area (Å²) in [6.07, 6.45) is 1.71. The standard InChI is InChI=1S/C26H28N8O7S3/c1-5-33(18-13-6-7-42-21(13)32(4)11-28-18)8-12-9-43-22-16(20(36)34(22)17(12)23(37)38)30-19(35)15(14-10-44-25(27)29-14)31-41-26(2,3)24(39)40/h6-7,10-11,16,22H,5,8-9H2,1-4H3,(H4-,27,29,30,35,37,38,39,40)/p+1/b31-15-. The molecule has 2 atom stereocenters. The lowest BCUT2D eigenvalue weighted by Gasteiger charge is -2.49. The summed E-state index contributed by atoms with van der Waals surface area (Å²) in [7, 11) is 1.91. The number of anilines is 2. The van der Waals surface area contributed by atoms with E-state index in [2.05, 4.69) is 20.4 Å². The van der Waals surface area contributed by atoms with Gasteiger partial charge in [-0.05, 0) is 42.8 Å². The highest BCUT2D eigenvalue weighted by atomic mass is 32.2. The van der Waals surface area contributed by atoms with Gasteiger partial charge in [-0.1, -0.05) is 5.16 Å². The van der Waals surface area contributed by atoms with Crippen LogP contribution in [0.15, 0.2) is 39.6 Å². The zero-order valence-corrected chi connectivity index (χ0v) is 26.5. The molecule has 0 radical (unpaired) electrons. The SMILES string of the molecule is CCN(CC1=C(C(=O)O)N2C(=O)C(NC(=O)/C(=N\OC(C)(C)C(=O)O)c3csc(N)n3)C2SC1)c1nc[n+](C)c2sccc12. The van der Waals surface area contributed by atoms with E-state index in [1.807, 2.05) is 34.9 Å². The molecule has 2 aliphatic heterocycles. The van der Waals surface area contributed by atoms with Crippen LogP contribution < -0.4 is 20.5 Å². The number of thiophene rings is 1. The minimum Gasteiger partial charge on any atom is -0.478 e. The number of aromatic nitrogens is 3. The Balaban J connectivity index is 1.38. The number of carboxylic acid groups (broad SMARTS) is 2. The molecule has 5 N–H and O–H groups in total. The fraction of sp³-hybridized carbons (Fsp3) is 0.385. The van der Waals surface area contributed by atoms with Crippen molar-refractivity contribution in [1.82, 2.24) is 20.2 Å². The molecule has 2 unspecified atom stereocenters. The van der Waals surface area contributed by atoms with Gasteiger partial charge in [0.05, 0.1) is 7.05 Å². The number of β-lactam (4-membered cyclic amide) rings is 1. The molecule has 2 amide bonds. The van der Waals surface area contributed by atoms with Crippen LogP contribution in [-0.4, -0.2) is 90.4 Å². The van der Waals surface area contributed by atoms with Gasteiger partial charge in [-0.25, -0.2) is 19.1 Å². The molecule has 1 fully saturated rings. The molecule has 1 saturated heterocycles. The number of hydrogen-bond acceptors (Lipinski definition) is 13. The topological polar surface area (TPSA) is 205 Å². The summed E-state index contributed by atoms with van der Waals surface area (Å²) in [6.45, 7) is 5.24. The maximum atomic E-state index is 13.4. The number of aliphatic carboxylic acids is 2. The van der Waals surface area contributed by atoms with Gasteiger partial charge < -0.3 is 31.0 Å². The molecule has 0 spiro atoms. The van der Waals surface area contributed by atoms with Crippen LogP contribution >= 0.6 is 34.4 Å². The zero-order valence-electron chi connectivity index (χ0n) is 24.0. The zero-order chi connectivity index (χ0) is 31.9. The van der Waals surface area contributed by atoms with Gasteiger partial charge in [0, 0.05) is 24.2 Å².